The van der Waals surface area contributed by atoms with E-state index in [2.05, 4.69) is 5.32 Å². The number of amides is 1. The number of hydrogen-bond donors (Lipinski definition) is 1. The summed E-state index contributed by atoms with van der Waals surface area (Å²) in [6.45, 7) is 9.11. The van der Waals surface area contributed by atoms with Crippen LogP contribution in [0.2, 0.25) is 0 Å². The van der Waals surface area contributed by atoms with Crippen molar-refractivity contribution in [3.05, 3.63) is 23.8 Å². The van der Waals surface area contributed by atoms with Gasteiger partial charge in [0.05, 0.1) is 23.4 Å². The summed E-state index contributed by atoms with van der Waals surface area (Å²) in [6.07, 6.45) is -0.626. The van der Waals surface area contributed by atoms with Gasteiger partial charge in [-0.05, 0) is 46.8 Å². The third-order valence-electron chi connectivity index (χ3n) is 2.11. The summed E-state index contributed by atoms with van der Waals surface area (Å²) in [6, 6.07) is 6.86. The molecule has 0 atom stereocenters. The van der Waals surface area contributed by atoms with Crippen LogP contribution in [0.1, 0.15) is 40.2 Å². The van der Waals surface area contributed by atoms with E-state index >= 15 is 0 Å². The summed E-state index contributed by atoms with van der Waals surface area (Å²) in [5.41, 5.74) is 0.373. The van der Waals surface area contributed by atoms with Crippen LogP contribution >= 0.6 is 0 Å². The van der Waals surface area contributed by atoms with Gasteiger partial charge in [0.25, 0.3) is 0 Å². The Balaban J connectivity index is 2.94. The van der Waals surface area contributed by atoms with Crippen LogP contribution in [-0.2, 0) is 4.74 Å². The minimum Gasteiger partial charge on any atom is -0.489 e. The Morgan fingerprint density at radius 3 is 2.50 bits per heavy atom. The van der Waals surface area contributed by atoms with Crippen LogP contribution in [-0.4, -0.2) is 17.8 Å². The van der Waals surface area contributed by atoms with E-state index in [0.29, 0.717) is 17.0 Å². The van der Waals surface area contributed by atoms with Crippen molar-refractivity contribution >= 4 is 11.8 Å². The molecule has 20 heavy (non-hydrogen) atoms. The zero-order valence-electron chi connectivity index (χ0n) is 12.5. The summed E-state index contributed by atoms with van der Waals surface area (Å²) in [4.78, 5) is 11.8. The molecule has 0 aliphatic carbocycles. The Hall–Kier alpha value is -2.22. The Bertz CT molecular complexity index is 525. The first-order valence-electron chi connectivity index (χ1n) is 6.42. The van der Waals surface area contributed by atoms with Gasteiger partial charge in [-0.15, -0.1) is 0 Å². The molecule has 0 saturated heterocycles. The van der Waals surface area contributed by atoms with Crippen molar-refractivity contribution in [1.29, 1.82) is 5.26 Å². The molecule has 5 nitrogen and oxygen atoms in total. The van der Waals surface area contributed by atoms with Gasteiger partial charge in [0.2, 0.25) is 0 Å². The van der Waals surface area contributed by atoms with E-state index < -0.39 is 11.7 Å². The lowest BCUT2D eigenvalue weighted by Gasteiger charge is -2.21. The van der Waals surface area contributed by atoms with Crippen LogP contribution < -0.4 is 10.1 Å². The summed E-state index contributed by atoms with van der Waals surface area (Å²) in [5, 5.41) is 11.5. The molecule has 0 spiro atoms. The SMILES string of the molecule is CC(C)Oc1cc(C#N)ccc1NC(=O)OC(C)(C)C. The average Bonchev–Trinajstić information content (AvgIpc) is 2.28. The highest BCUT2D eigenvalue weighted by Crippen LogP contribution is 2.27. The molecule has 5 heteroatoms. The summed E-state index contributed by atoms with van der Waals surface area (Å²) in [7, 11) is 0. The number of ether oxygens (including phenoxy) is 2. The van der Waals surface area contributed by atoms with Gasteiger partial charge in [0.15, 0.2) is 0 Å². The Labute approximate surface area is 119 Å². The first-order valence-corrected chi connectivity index (χ1v) is 6.42. The Morgan fingerprint density at radius 1 is 1.35 bits per heavy atom. The van der Waals surface area contributed by atoms with Gasteiger partial charge in [-0.3, -0.25) is 5.32 Å². The molecule has 0 aliphatic rings. The second-order valence-electron chi connectivity index (χ2n) is 5.62. The number of hydrogen-bond acceptors (Lipinski definition) is 4. The van der Waals surface area contributed by atoms with E-state index in [1.807, 2.05) is 19.9 Å². The summed E-state index contributed by atoms with van der Waals surface area (Å²) in [5.74, 6) is 0.449. The quantitative estimate of drug-likeness (QED) is 0.913. The molecule has 1 N–H and O–H groups in total. The average molecular weight is 276 g/mol. The highest BCUT2D eigenvalue weighted by Gasteiger charge is 2.18. The Kier molecular flexibility index (Phi) is 4.98. The molecule has 1 amide bonds. The van der Waals surface area contributed by atoms with E-state index in [4.69, 9.17) is 14.7 Å². The molecule has 1 aromatic carbocycles. The number of carbonyl (C=O) groups excluding carboxylic acids is 1. The standard InChI is InChI=1S/C15H20N2O3/c1-10(2)19-13-8-11(9-16)6-7-12(13)17-14(18)20-15(3,4)5/h6-8,10H,1-5H3,(H,17,18). The monoisotopic (exact) mass is 276 g/mol. The van der Waals surface area contributed by atoms with Gasteiger partial charge < -0.3 is 9.47 Å². The number of anilines is 1. The van der Waals surface area contributed by atoms with E-state index in [0.717, 1.165) is 0 Å². The van der Waals surface area contributed by atoms with Crippen molar-refractivity contribution in [2.45, 2.75) is 46.3 Å². The molecule has 0 aliphatic heterocycles. The predicted octanol–water partition coefficient (Wildman–Crippen LogP) is 3.69. The maximum absolute atomic E-state index is 11.8. The number of nitrogens with one attached hydrogen (secondary N) is 1. The third-order valence-corrected chi connectivity index (χ3v) is 2.11. The molecule has 108 valence electrons. The van der Waals surface area contributed by atoms with Crippen molar-refractivity contribution in [3.63, 3.8) is 0 Å². The number of nitrogens with zero attached hydrogens (tertiary/aromatic N) is 1. The summed E-state index contributed by atoms with van der Waals surface area (Å²) < 4.78 is 10.8. The van der Waals surface area contributed by atoms with Gasteiger partial charge in [0, 0.05) is 6.07 Å². The predicted molar refractivity (Wildman–Crippen MR) is 76.8 cm³/mol. The molecule has 0 fully saturated rings. The zero-order valence-corrected chi connectivity index (χ0v) is 12.5. The smallest absolute Gasteiger partial charge is 0.412 e. The third kappa shape index (κ3) is 5.19. The molecule has 1 rings (SSSR count). The molecular formula is C15H20N2O3. The van der Waals surface area contributed by atoms with Gasteiger partial charge in [0.1, 0.15) is 11.4 Å². The van der Waals surface area contributed by atoms with Gasteiger partial charge in [-0.2, -0.15) is 5.26 Å². The molecule has 0 heterocycles. The number of carbonyl (C=O) groups is 1. The fourth-order valence-electron chi connectivity index (χ4n) is 1.46. The van der Waals surface area contributed by atoms with Crippen molar-refractivity contribution < 1.29 is 14.3 Å². The highest BCUT2D eigenvalue weighted by molar-refractivity contribution is 5.87. The molecular weight excluding hydrogens is 256 g/mol. The maximum Gasteiger partial charge on any atom is 0.412 e. The van der Waals surface area contributed by atoms with Crippen LogP contribution in [0.3, 0.4) is 0 Å². The minimum absolute atomic E-state index is 0.0665. The maximum atomic E-state index is 11.8. The number of rotatable bonds is 3. The lowest BCUT2D eigenvalue weighted by atomic mass is 10.2. The lowest BCUT2D eigenvalue weighted by Crippen LogP contribution is -2.27. The molecule has 0 bridgehead atoms. The summed E-state index contributed by atoms with van der Waals surface area (Å²) >= 11 is 0. The van der Waals surface area contributed by atoms with Crippen molar-refractivity contribution in [2.24, 2.45) is 0 Å². The van der Waals surface area contributed by atoms with Crippen LogP contribution in [0.25, 0.3) is 0 Å². The second-order valence-corrected chi connectivity index (χ2v) is 5.62. The first kappa shape index (κ1) is 15.8. The van der Waals surface area contributed by atoms with Gasteiger partial charge in [-0.1, -0.05) is 0 Å². The molecule has 0 aromatic heterocycles. The largest absolute Gasteiger partial charge is 0.489 e. The van der Waals surface area contributed by atoms with Crippen LogP contribution in [0.4, 0.5) is 10.5 Å². The van der Waals surface area contributed by atoms with E-state index in [9.17, 15) is 4.79 Å². The van der Waals surface area contributed by atoms with Crippen molar-refractivity contribution in [2.75, 3.05) is 5.32 Å². The van der Waals surface area contributed by atoms with E-state index in [1.165, 1.54) is 0 Å². The number of benzene rings is 1. The fourth-order valence-corrected chi connectivity index (χ4v) is 1.46. The molecule has 0 unspecified atom stereocenters. The number of nitriles is 1. The van der Waals surface area contributed by atoms with Crippen LogP contribution in [0, 0.1) is 11.3 Å². The minimum atomic E-state index is -0.574. The van der Waals surface area contributed by atoms with Crippen molar-refractivity contribution in [3.8, 4) is 11.8 Å². The first-order chi connectivity index (χ1) is 9.21. The second kappa shape index (κ2) is 6.29. The van der Waals surface area contributed by atoms with Gasteiger partial charge in [-0.25, -0.2) is 4.79 Å². The Morgan fingerprint density at radius 2 is 2.00 bits per heavy atom. The molecule has 0 saturated carbocycles. The highest BCUT2D eigenvalue weighted by atomic mass is 16.6. The topological polar surface area (TPSA) is 71.3 Å². The van der Waals surface area contributed by atoms with Crippen LogP contribution in [0.15, 0.2) is 18.2 Å². The van der Waals surface area contributed by atoms with Crippen LogP contribution in [0.5, 0.6) is 5.75 Å². The zero-order chi connectivity index (χ0) is 15.3. The lowest BCUT2D eigenvalue weighted by molar-refractivity contribution is 0.0635. The van der Waals surface area contributed by atoms with Crippen molar-refractivity contribution in [1.82, 2.24) is 0 Å². The molecule has 1 aromatic rings. The van der Waals surface area contributed by atoms with Gasteiger partial charge >= 0.3 is 6.09 Å². The normalized spacial score (nSPS) is 10.8. The van der Waals surface area contributed by atoms with E-state index in [1.54, 1.807) is 39.0 Å². The molecule has 0 radical (unpaired) electrons. The van der Waals surface area contributed by atoms with E-state index in [-0.39, 0.29) is 6.10 Å². The fraction of sp³-hybridized carbons (Fsp3) is 0.467.